The fourth-order valence-electron chi connectivity index (χ4n) is 2.33. The van der Waals surface area contributed by atoms with E-state index >= 15 is 0 Å². The summed E-state index contributed by atoms with van der Waals surface area (Å²) >= 11 is 5.78. The molecule has 3 rings (SSSR count). The Labute approximate surface area is 125 Å². The van der Waals surface area contributed by atoms with Crippen molar-refractivity contribution in [2.75, 3.05) is 5.88 Å². The van der Waals surface area contributed by atoms with E-state index < -0.39 is 11.6 Å². The molecule has 0 saturated heterocycles. The normalized spacial score (nSPS) is 11.2. The van der Waals surface area contributed by atoms with Crippen molar-refractivity contribution in [2.45, 2.75) is 13.0 Å². The minimum Gasteiger partial charge on any atom is -0.321 e. The lowest BCUT2D eigenvalue weighted by Gasteiger charge is -2.09. The van der Waals surface area contributed by atoms with Crippen LogP contribution in [0.3, 0.4) is 0 Å². The van der Waals surface area contributed by atoms with Gasteiger partial charge in [0.2, 0.25) is 0 Å². The van der Waals surface area contributed by atoms with E-state index in [2.05, 4.69) is 9.97 Å². The van der Waals surface area contributed by atoms with Crippen LogP contribution < -0.4 is 0 Å². The number of pyridine rings is 1. The molecule has 0 saturated carbocycles. The molecule has 0 radical (unpaired) electrons. The smallest absolute Gasteiger partial charge is 0.184 e. The quantitative estimate of drug-likeness (QED) is 0.690. The molecular formula is C15H12ClF2N3. The number of fused-ring (bicyclic) bond motifs is 1. The van der Waals surface area contributed by atoms with Gasteiger partial charge in [0.15, 0.2) is 11.6 Å². The van der Waals surface area contributed by atoms with E-state index in [4.69, 9.17) is 11.6 Å². The summed E-state index contributed by atoms with van der Waals surface area (Å²) in [4.78, 5) is 8.39. The van der Waals surface area contributed by atoms with Crippen LogP contribution in [0.4, 0.5) is 8.78 Å². The Morgan fingerprint density at radius 1 is 1.19 bits per heavy atom. The highest BCUT2D eigenvalue weighted by Gasteiger charge is 2.17. The highest BCUT2D eigenvalue weighted by Crippen LogP contribution is 2.23. The van der Waals surface area contributed by atoms with Crippen LogP contribution in [-0.2, 0) is 13.0 Å². The lowest BCUT2D eigenvalue weighted by Crippen LogP contribution is -2.07. The topological polar surface area (TPSA) is 30.7 Å². The molecule has 2 heterocycles. The molecule has 0 fully saturated rings. The second-order valence-corrected chi connectivity index (χ2v) is 5.02. The maximum atomic E-state index is 14.1. The van der Waals surface area contributed by atoms with Gasteiger partial charge in [-0.05, 0) is 23.8 Å². The molecule has 0 N–H and O–H groups in total. The van der Waals surface area contributed by atoms with E-state index in [0.717, 1.165) is 11.6 Å². The zero-order valence-corrected chi connectivity index (χ0v) is 11.8. The zero-order chi connectivity index (χ0) is 14.8. The number of nitrogens with zero attached hydrogens (tertiary/aromatic N) is 3. The molecule has 21 heavy (non-hydrogen) atoms. The number of aromatic nitrogens is 3. The highest BCUT2D eigenvalue weighted by molar-refractivity contribution is 6.17. The number of hydrogen-bond acceptors (Lipinski definition) is 2. The van der Waals surface area contributed by atoms with Crippen molar-refractivity contribution in [1.82, 2.24) is 14.5 Å². The van der Waals surface area contributed by atoms with Crippen LogP contribution in [0.25, 0.3) is 11.0 Å². The van der Waals surface area contributed by atoms with E-state index in [1.165, 1.54) is 6.07 Å². The number of halogens is 3. The summed E-state index contributed by atoms with van der Waals surface area (Å²) < 4.78 is 29.3. The molecule has 1 aromatic carbocycles. The molecule has 3 nitrogen and oxygen atoms in total. The maximum absolute atomic E-state index is 14.1. The summed E-state index contributed by atoms with van der Waals surface area (Å²) in [5.74, 6) is -0.772. The predicted molar refractivity (Wildman–Crippen MR) is 77.4 cm³/mol. The van der Waals surface area contributed by atoms with Crippen molar-refractivity contribution in [2.24, 2.45) is 0 Å². The van der Waals surface area contributed by atoms with Gasteiger partial charge in [-0.25, -0.2) is 13.8 Å². The van der Waals surface area contributed by atoms with Gasteiger partial charge in [-0.2, -0.15) is 0 Å². The molecule has 0 aliphatic carbocycles. The van der Waals surface area contributed by atoms with Crippen LogP contribution in [0.5, 0.6) is 0 Å². The fraction of sp³-hybridized carbons (Fsp3) is 0.200. The number of hydrogen-bond donors (Lipinski definition) is 0. The minimum atomic E-state index is -0.885. The van der Waals surface area contributed by atoms with E-state index in [1.54, 1.807) is 23.0 Å². The van der Waals surface area contributed by atoms with Crippen LogP contribution in [0.15, 0.2) is 36.7 Å². The third kappa shape index (κ3) is 2.61. The van der Waals surface area contributed by atoms with E-state index in [1.807, 2.05) is 6.07 Å². The molecule has 0 spiro atoms. The van der Waals surface area contributed by atoms with Gasteiger partial charge in [-0.15, -0.1) is 11.6 Å². The van der Waals surface area contributed by atoms with Crippen molar-refractivity contribution in [1.29, 1.82) is 0 Å². The van der Waals surface area contributed by atoms with Gasteiger partial charge in [0.25, 0.3) is 0 Å². The molecule has 0 unspecified atom stereocenters. The van der Waals surface area contributed by atoms with Crippen molar-refractivity contribution in [3.63, 3.8) is 0 Å². The molecule has 6 heteroatoms. The first-order valence-electron chi connectivity index (χ1n) is 6.48. The van der Waals surface area contributed by atoms with E-state index in [-0.39, 0.29) is 5.52 Å². The third-order valence-electron chi connectivity index (χ3n) is 3.26. The average Bonchev–Trinajstić information content (AvgIpc) is 2.83. The number of benzene rings is 1. The van der Waals surface area contributed by atoms with Crippen LogP contribution in [0.2, 0.25) is 0 Å². The standard InChI is InChI=1S/C15H12ClF2N3/c16-6-5-13-20-12-4-3-11(17)14(18)15(12)21(13)9-10-2-1-7-19-8-10/h1-4,7-8H,5-6,9H2. The van der Waals surface area contributed by atoms with Crippen LogP contribution in [0.1, 0.15) is 11.4 Å². The van der Waals surface area contributed by atoms with Crippen LogP contribution in [-0.4, -0.2) is 20.4 Å². The number of rotatable bonds is 4. The summed E-state index contributed by atoms with van der Waals surface area (Å²) in [6.45, 7) is 0.372. The molecule has 2 aromatic heterocycles. The second kappa shape index (κ2) is 5.77. The first-order valence-corrected chi connectivity index (χ1v) is 7.02. The van der Waals surface area contributed by atoms with Gasteiger partial charge in [0.05, 0.1) is 12.1 Å². The average molecular weight is 308 g/mol. The van der Waals surface area contributed by atoms with Crippen LogP contribution in [0, 0.1) is 11.6 Å². The predicted octanol–water partition coefficient (Wildman–Crippen LogP) is 3.54. The monoisotopic (exact) mass is 307 g/mol. The van der Waals surface area contributed by atoms with E-state index in [0.29, 0.717) is 30.2 Å². The van der Waals surface area contributed by atoms with Gasteiger partial charge in [0.1, 0.15) is 11.3 Å². The Bertz CT molecular complexity index is 771. The van der Waals surface area contributed by atoms with Gasteiger partial charge in [0, 0.05) is 24.7 Å². The summed E-state index contributed by atoms with van der Waals surface area (Å²) in [5, 5.41) is 0. The highest BCUT2D eigenvalue weighted by atomic mass is 35.5. The maximum Gasteiger partial charge on any atom is 0.184 e. The van der Waals surface area contributed by atoms with Gasteiger partial charge < -0.3 is 4.57 Å². The lowest BCUT2D eigenvalue weighted by atomic mass is 10.2. The second-order valence-electron chi connectivity index (χ2n) is 4.64. The Morgan fingerprint density at radius 3 is 2.76 bits per heavy atom. The van der Waals surface area contributed by atoms with Crippen molar-refractivity contribution in [3.05, 3.63) is 59.7 Å². The summed E-state index contributed by atoms with van der Waals surface area (Å²) in [7, 11) is 0. The van der Waals surface area contributed by atoms with Crippen molar-refractivity contribution >= 4 is 22.6 Å². The van der Waals surface area contributed by atoms with E-state index in [9.17, 15) is 8.78 Å². The van der Waals surface area contributed by atoms with Gasteiger partial charge >= 0.3 is 0 Å². The molecule has 0 aliphatic heterocycles. The first-order chi connectivity index (χ1) is 10.2. The SMILES string of the molecule is Fc1ccc2nc(CCCl)n(Cc3cccnc3)c2c1F. The Hall–Kier alpha value is -2.01. The molecule has 0 atom stereocenters. The third-order valence-corrected chi connectivity index (χ3v) is 3.45. The van der Waals surface area contributed by atoms with Gasteiger partial charge in [-0.1, -0.05) is 6.07 Å². The van der Waals surface area contributed by atoms with Crippen molar-refractivity contribution in [3.8, 4) is 0 Å². The Balaban J connectivity index is 2.17. The minimum absolute atomic E-state index is 0.166. The number of alkyl halides is 1. The number of imidazole rings is 1. The largest absolute Gasteiger partial charge is 0.321 e. The molecule has 0 bridgehead atoms. The zero-order valence-electron chi connectivity index (χ0n) is 11.1. The molecule has 108 valence electrons. The summed E-state index contributed by atoms with van der Waals surface area (Å²) in [6.07, 6.45) is 3.83. The molecule has 3 aromatic rings. The first kappa shape index (κ1) is 13.9. The molecular weight excluding hydrogens is 296 g/mol. The van der Waals surface area contributed by atoms with Crippen molar-refractivity contribution < 1.29 is 8.78 Å². The van der Waals surface area contributed by atoms with Crippen LogP contribution >= 0.6 is 11.6 Å². The number of aryl methyl sites for hydroxylation is 1. The molecule has 0 aliphatic rings. The molecule has 0 amide bonds. The summed E-state index contributed by atoms with van der Waals surface area (Å²) in [5.41, 5.74) is 1.48. The summed E-state index contributed by atoms with van der Waals surface area (Å²) in [6, 6.07) is 6.24. The fourth-order valence-corrected chi connectivity index (χ4v) is 2.49. The lowest BCUT2D eigenvalue weighted by molar-refractivity contribution is 0.511. The van der Waals surface area contributed by atoms with Gasteiger partial charge in [-0.3, -0.25) is 4.98 Å². The Kier molecular flexibility index (Phi) is 3.84. The Morgan fingerprint density at radius 2 is 2.05 bits per heavy atom.